The monoisotopic (exact) mass is 249 g/mol. The number of hydrogen-bond donors (Lipinski definition) is 1. The number of hydrogen-bond acceptors (Lipinski definition) is 6. The van der Waals surface area contributed by atoms with Gasteiger partial charge in [-0.1, -0.05) is 0 Å². The number of nitrogens with zero attached hydrogens (tertiary/aromatic N) is 4. The van der Waals surface area contributed by atoms with E-state index in [9.17, 15) is 0 Å². The quantitative estimate of drug-likeness (QED) is 0.782. The van der Waals surface area contributed by atoms with E-state index in [2.05, 4.69) is 21.4 Å². The van der Waals surface area contributed by atoms with E-state index in [0.29, 0.717) is 26.1 Å². The minimum absolute atomic E-state index is 0.460. The molecule has 0 spiro atoms. The average Bonchev–Trinajstić information content (AvgIpc) is 2.40. The van der Waals surface area contributed by atoms with E-state index >= 15 is 0 Å². The first kappa shape index (κ1) is 14.2. The third kappa shape index (κ3) is 3.57. The summed E-state index contributed by atoms with van der Waals surface area (Å²) in [5.41, 5.74) is 0.981. The Morgan fingerprint density at radius 2 is 2.22 bits per heavy atom. The third-order valence-electron chi connectivity index (χ3n) is 2.65. The Bertz CT molecular complexity index is 415. The molecule has 6 nitrogen and oxygen atoms in total. The second-order valence-electron chi connectivity index (χ2n) is 3.81. The van der Waals surface area contributed by atoms with E-state index in [1.54, 1.807) is 7.11 Å². The van der Waals surface area contributed by atoms with Gasteiger partial charge in [-0.2, -0.15) is 5.26 Å². The van der Waals surface area contributed by atoms with Crippen LogP contribution in [-0.4, -0.2) is 43.8 Å². The van der Waals surface area contributed by atoms with E-state index < -0.39 is 0 Å². The summed E-state index contributed by atoms with van der Waals surface area (Å²) in [5.74, 6) is 1.65. The van der Waals surface area contributed by atoms with Crippen molar-refractivity contribution < 1.29 is 4.74 Å². The number of anilines is 2. The zero-order valence-electron chi connectivity index (χ0n) is 11.1. The minimum Gasteiger partial charge on any atom is -0.383 e. The Balaban J connectivity index is 2.93. The lowest BCUT2D eigenvalue weighted by atomic mass is 10.2. The van der Waals surface area contributed by atoms with Gasteiger partial charge < -0.3 is 15.0 Å². The van der Waals surface area contributed by atoms with Crippen molar-refractivity contribution in [2.45, 2.75) is 13.3 Å². The summed E-state index contributed by atoms with van der Waals surface area (Å²) >= 11 is 0. The Hall–Kier alpha value is -1.87. The van der Waals surface area contributed by atoms with Crippen LogP contribution in [0, 0.1) is 18.3 Å². The molecule has 0 unspecified atom stereocenters. The summed E-state index contributed by atoms with van der Waals surface area (Å²) in [4.78, 5) is 10.5. The fourth-order valence-electron chi connectivity index (χ4n) is 1.72. The van der Waals surface area contributed by atoms with Gasteiger partial charge >= 0.3 is 0 Å². The molecule has 18 heavy (non-hydrogen) atoms. The molecule has 0 saturated heterocycles. The Labute approximate surface area is 108 Å². The largest absolute Gasteiger partial charge is 0.383 e. The zero-order valence-corrected chi connectivity index (χ0v) is 11.1. The number of rotatable bonds is 7. The highest BCUT2D eigenvalue weighted by atomic mass is 16.5. The van der Waals surface area contributed by atoms with E-state index in [-0.39, 0.29) is 0 Å². The van der Waals surface area contributed by atoms with Crippen molar-refractivity contribution >= 4 is 11.6 Å². The fourth-order valence-corrected chi connectivity index (χ4v) is 1.72. The maximum absolute atomic E-state index is 8.70. The second kappa shape index (κ2) is 7.45. The molecule has 0 aromatic carbocycles. The summed E-state index contributed by atoms with van der Waals surface area (Å²) in [6.45, 7) is 3.91. The zero-order chi connectivity index (χ0) is 13.4. The molecule has 0 saturated carbocycles. The first-order valence-electron chi connectivity index (χ1n) is 5.84. The number of methoxy groups -OCH3 is 1. The molecule has 0 aliphatic heterocycles. The van der Waals surface area contributed by atoms with Gasteiger partial charge in [-0.15, -0.1) is 0 Å². The lowest BCUT2D eigenvalue weighted by Gasteiger charge is -2.24. The molecule has 6 heteroatoms. The van der Waals surface area contributed by atoms with Crippen LogP contribution in [-0.2, 0) is 4.74 Å². The van der Waals surface area contributed by atoms with Crippen LogP contribution in [0.5, 0.6) is 0 Å². The van der Waals surface area contributed by atoms with Gasteiger partial charge in [0.2, 0.25) is 0 Å². The molecule has 0 aliphatic rings. The smallest absolute Gasteiger partial charge is 0.137 e. The Morgan fingerprint density at radius 3 is 2.83 bits per heavy atom. The van der Waals surface area contributed by atoms with Gasteiger partial charge in [-0.3, -0.25) is 0 Å². The second-order valence-corrected chi connectivity index (χ2v) is 3.81. The molecule has 0 atom stereocenters. The first-order chi connectivity index (χ1) is 8.74. The molecule has 0 radical (unpaired) electrons. The molecular weight excluding hydrogens is 230 g/mol. The lowest BCUT2D eigenvalue weighted by Crippen LogP contribution is -2.30. The molecule has 0 aliphatic carbocycles. The van der Waals surface area contributed by atoms with Gasteiger partial charge in [0.1, 0.15) is 18.0 Å². The van der Waals surface area contributed by atoms with Crippen LogP contribution in [0.2, 0.25) is 0 Å². The van der Waals surface area contributed by atoms with Gasteiger partial charge in [-0.25, -0.2) is 9.97 Å². The van der Waals surface area contributed by atoms with Gasteiger partial charge in [0.15, 0.2) is 0 Å². The predicted molar refractivity (Wildman–Crippen MR) is 70.6 cm³/mol. The van der Waals surface area contributed by atoms with Crippen LogP contribution in [0.1, 0.15) is 12.0 Å². The number of nitrogens with one attached hydrogen (secondary N) is 1. The standard InChI is InChI=1S/C12H19N5O/c1-10-11(14-2)15-9-16-12(10)17(6-4-5-13)7-8-18-3/h9H,4,6-8H2,1-3H3,(H,14,15,16). The molecule has 1 aromatic heterocycles. The van der Waals surface area contributed by atoms with Gasteiger partial charge in [0, 0.05) is 32.8 Å². The summed E-state index contributed by atoms with van der Waals surface area (Å²) in [5, 5.41) is 11.7. The molecule has 0 amide bonds. The summed E-state index contributed by atoms with van der Waals surface area (Å²) in [6.07, 6.45) is 1.99. The van der Waals surface area contributed by atoms with Crippen LogP contribution in [0.15, 0.2) is 6.33 Å². The van der Waals surface area contributed by atoms with Crippen molar-refractivity contribution in [2.24, 2.45) is 0 Å². The minimum atomic E-state index is 0.460. The average molecular weight is 249 g/mol. The molecule has 1 heterocycles. The van der Waals surface area contributed by atoms with E-state index in [4.69, 9.17) is 10.00 Å². The number of aromatic nitrogens is 2. The van der Waals surface area contributed by atoms with Crippen LogP contribution in [0.25, 0.3) is 0 Å². The highest BCUT2D eigenvalue weighted by Crippen LogP contribution is 2.21. The van der Waals surface area contributed by atoms with Crippen molar-refractivity contribution in [1.29, 1.82) is 5.26 Å². The van der Waals surface area contributed by atoms with E-state index in [1.807, 2.05) is 18.9 Å². The highest BCUT2D eigenvalue weighted by Gasteiger charge is 2.13. The first-order valence-corrected chi connectivity index (χ1v) is 5.84. The van der Waals surface area contributed by atoms with Gasteiger partial charge in [0.05, 0.1) is 19.1 Å². The Kier molecular flexibility index (Phi) is 5.88. The number of ether oxygens (including phenoxy) is 1. The van der Waals surface area contributed by atoms with Gasteiger partial charge in [0.25, 0.3) is 0 Å². The normalized spacial score (nSPS) is 9.89. The molecule has 1 N–H and O–H groups in total. The van der Waals surface area contributed by atoms with Crippen LogP contribution in [0.3, 0.4) is 0 Å². The van der Waals surface area contributed by atoms with Crippen molar-refractivity contribution in [3.63, 3.8) is 0 Å². The van der Waals surface area contributed by atoms with Crippen molar-refractivity contribution in [1.82, 2.24) is 9.97 Å². The Morgan fingerprint density at radius 1 is 1.44 bits per heavy atom. The van der Waals surface area contributed by atoms with E-state index in [0.717, 1.165) is 17.2 Å². The summed E-state index contributed by atoms with van der Waals surface area (Å²) in [6, 6.07) is 2.15. The van der Waals surface area contributed by atoms with E-state index in [1.165, 1.54) is 6.33 Å². The number of nitriles is 1. The van der Waals surface area contributed by atoms with Gasteiger partial charge in [-0.05, 0) is 6.92 Å². The third-order valence-corrected chi connectivity index (χ3v) is 2.65. The molecular formula is C12H19N5O. The fraction of sp³-hybridized carbons (Fsp3) is 0.583. The highest BCUT2D eigenvalue weighted by molar-refractivity contribution is 5.57. The molecule has 1 aromatic rings. The van der Waals surface area contributed by atoms with Crippen molar-refractivity contribution in [2.75, 3.05) is 44.1 Å². The molecule has 0 bridgehead atoms. The molecule has 0 fully saturated rings. The maximum Gasteiger partial charge on any atom is 0.137 e. The van der Waals surface area contributed by atoms with Crippen molar-refractivity contribution in [3.8, 4) is 6.07 Å². The predicted octanol–water partition coefficient (Wildman–Crippen LogP) is 1.19. The van der Waals surface area contributed by atoms with Crippen molar-refractivity contribution in [3.05, 3.63) is 11.9 Å². The SMILES string of the molecule is CNc1ncnc(N(CCC#N)CCOC)c1C. The maximum atomic E-state index is 8.70. The molecule has 1 rings (SSSR count). The topological polar surface area (TPSA) is 74.1 Å². The summed E-state index contributed by atoms with van der Waals surface area (Å²) < 4.78 is 5.09. The van der Waals surface area contributed by atoms with Crippen LogP contribution >= 0.6 is 0 Å². The summed E-state index contributed by atoms with van der Waals surface area (Å²) in [7, 11) is 3.49. The molecule has 98 valence electrons. The van der Waals surface area contributed by atoms with Crippen LogP contribution in [0.4, 0.5) is 11.6 Å². The lowest BCUT2D eigenvalue weighted by molar-refractivity contribution is 0.205. The van der Waals surface area contributed by atoms with Crippen LogP contribution < -0.4 is 10.2 Å².